The Morgan fingerprint density at radius 1 is 0.773 bits per heavy atom. The van der Waals surface area contributed by atoms with Crippen LogP contribution in [0.3, 0.4) is 0 Å². The number of rotatable bonds is 4. The predicted molar refractivity (Wildman–Crippen MR) is 83.4 cm³/mol. The SMILES string of the molecule is C=Cc1c(O)c(O)c2c(OC)c(OC)c(C)c(OC)c2c1O. The summed E-state index contributed by atoms with van der Waals surface area (Å²) in [5, 5.41) is 31.2. The van der Waals surface area contributed by atoms with Crippen molar-refractivity contribution in [2.24, 2.45) is 0 Å². The molecule has 118 valence electrons. The average molecular weight is 306 g/mol. The Labute approximate surface area is 127 Å². The zero-order valence-corrected chi connectivity index (χ0v) is 12.9. The minimum absolute atomic E-state index is 0.00919. The lowest BCUT2D eigenvalue weighted by atomic mass is 9.97. The number of ether oxygens (including phenoxy) is 3. The van der Waals surface area contributed by atoms with Crippen LogP contribution in [0, 0.1) is 6.92 Å². The first kappa shape index (κ1) is 15.6. The van der Waals surface area contributed by atoms with Gasteiger partial charge in [-0.3, -0.25) is 0 Å². The van der Waals surface area contributed by atoms with Gasteiger partial charge in [-0.15, -0.1) is 0 Å². The number of hydrogen-bond acceptors (Lipinski definition) is 6. The molecule has 0 radical (unpaired) electrons. The van der Waals surface area contributed by atoms with E-state index in [1.165, 1.54) is 27.4 Å². The highest BCUT2D eigenvalue weighted by Crippen LogP contribution is 2.55. The molecule has 2 aromatic rings. The fourth-order valence-corrected chi connectivity index (χ4v) is 2.64. The van der Waals surface area contributed by atoms with Crippen LogP contribution in [0.2, 0.25) is 0 Å². The first-order valence-electron chi connectivity index (χ1n) is 6.45. The highest BCUT2D eigenvalue weighted by molar-refractivity contribution is 6.08. The molecule has 3 N–H and O–H groups in total. The lowest BCUT2D eigenvalue weighted by molar-refractivity contribution is 0.347. The number of phenols is 3. The van der Waals surface area contributed by atoms with Crippen molar-refractivity contribution in [2.45, 2.75) is 6.92 Å². The van der Waals surface area contributed by atoms with Gasteiger partial charge in [0.05, 0.1) is 37.7 Å². The maximum Gasteiger partial charge on any atom is 0.173 e. The minimum Gasteiger partial charge on any atom is -0.506 e. The molecular weight excluding hydrogens is 288 g/mol. The number of aromatic hydroxyl groups is 3. The fourth-order valence-electron chi connectivity index (χ4n) is 2.64. The molecule has 0 unspecified atom stereocenters. The van der Waals surface area contributed by atoms with Crippen molar-refractivity contribution in [1.29, 1.82) is 0 Å². The zero-order chi connectivity index (χ0) is 16.6. The molecule has 0 fully saturated rings. The van der Waals surface area contributed by atoms with Gasteiger partial charge in [-0.05, 0) is 6.92 Å². The molecule has 2 aromatic carbocycles. The number of hydrogen-bond donors (Lipinski definition) is 3. The lowest BCUT2D eigenvalue weighted by Crippen LogP contribution is -1.99. The van der Waals surface area contributed by atoms with Gasteiger partial charge in [0, 0.05) is 5.56 Å². The second-order valence-corrected chi connectivity index (χ2v) is 4.64. The molecule has 0 aliphatic heterocycles. The molecule has 0 bridgehead atoms. The molecule has 0 heterocycles. The van der Waals surface area contributed by atoms with Crippen molar-refractivity contribution in [3.05, 3.63) is 17.7 Å². The van der Waals surface area contributed by atoms with E-state index in [1.54, 1.807) is 6.92 Å². The van der Waals surface area contributed by atoms with Gasteiger partial charge in [0.25, 0.3) is 0 Å². The van der Waals surface area contributed by atoms with Crippen LogP contribution in [0.15, 0.2) is 6.58 Å². The maximum atomic E-state index is 10.5. The van der Waals surface area contributed by atoms with Gasteiger partial charge in [0.15, 0.2) is 23.0 Å². The summed E-state index contributed by atoms with van der Waals surface area (Å²) in [4.78, 5) is 0. The molecule has 0 atom stereocenters. The van der Waals surface area contributed by atoms with Crippen LogP contribution in [0.1, 0.15) is 11.1 Å². The number of methoxy groups -OCH3 is 3. The summed E-state index contributed by atoms with van der Waals surface area (Å²) in [5.74, 6) is -0.367. The predicted octanol–water partition coefficient (Wildman–Crippen LogP) is 2.93. The van der Waals surface area contributed by atoms with Crippen molar-refractivity contribution in [3.8, 4) is 34.5 Å². The molecular formula is C16H18O6. The zero-order valence-electron chi connectivity index (χ0n) is 12.9. The fraction of sp³-hybridized carbons (Fsp3) is 0.250. The Balaban J connectivity index is 3.22. The van der Waals surface area contributed by atoms with Crippen LogP contribution in [0.4, 0.5) is 0 Å². The Bertz CT molecular complexity index is 764. The topological polar surface area (TPSA) is 88.4 Å². The number of phenolic OH excluding ortho intramolecular Hbond substituents is 3. The highest BCUT2D eigenvalue weighted by atomic mass is 16.5. The summed E-state index contributed by atoms with van der Waals surface area (Å²) in [6.45, 7) is 5.26. The quantitative estimate of drug-likeness (QED) is 0.594. The van der Waals surface area contributed by atoms with E-state index in [9.17, 15) is 15.3 Å². The minimum atomic E-state index is -0.494. The summed E-state index contributed by atoms with van der Waals surface area (Å²) >= 11 is 0. The van der Waals surface area contributed by atoms with Crippen LogP contribution < -0.4 is 14.2 Å². The first-order valence-corrected chi connectivity index (χ1v) is 6.45. The van der Waals surface area contributed by atoms with Crippen molar-refractivity contribution in [2.75, 3.05) is 21.3 Å². The summed E-state index contributed by atoms with van der Waals surface area (Å²) in [5.41, 5.74) is 0.597. The molecule has 0 aliphatic rings. The molecule has 0 saturated carbocycles. The van der Waals surface area contributed by atoms with Gasteiger partial charge in [0.2, 0.25) is 0 Å². The van der Waals surface area contributed by atoms with E-state index in [0.717, 1.165) is 0 Å². The molecule has 2 rings (SSSR count). The van der Waals surface area contributed by atoms with Crippen molar-refractivity contribution in [1.82, 2.24) is 0 Å². The average Bonchev–Trinajstić information content (AvgIpc) is 2.51. The van der Waals surface area contributed by atoms with Gasteiger partial charge >= 0.3 is 0 Å². The van der Waals surface area contributed by atoms with E-state index >= 15 is 0 Å². The smallest absolute Gasteiger partial charge is 0.173 e. The van der Waals surface area contributed by atoms with Gasteiger partial charge in [-0.2, -0.15) is 0 Å². The molecule has 22 heavy (non-hydrogen) atoms. The second kappa shape index (κ2) is 5.55. The molecule has 0 aromatic heterocycles. The van der Waals surface area contributed by atoms with Crippen molar-refractivity contribution >= 4 is 16.8 Å². The Kier molecular flexibility index (Phi) is 3.95. The van der Waals surface area contributed by atoms with Crippen molar-refractivity contribution in [3.63, 3.8) is 0 Å². The summed E-state index contributed by atoms with van der Waals surface area (Å²) in [6.07, 6.45) is 1.25. The summed E-state index contributed by atoms with van der Waals surface area (Å²) < 4.78 is 16.0. The summed E-state index contributed by atoms with van der Waals surface area (Å²) in [6, 6.07) is 0. The van der Waals surface area contributed by atoms with Crippen LogP contribution in [0.25, 0.3) is 16.8 Å². The van der Waals surface area contributed by atoms with Crippen LogP contribution in [-0.2, 0) is 0 Å². The molecule has 0 aliphatic carbocycles. The molecule has 6 heteroatoms. The third kappa shape index (κ3) is 1.88. The first-order chi connectivity index (χ1) is 10.4. The van der Waals surface area contributed by atoms with E-state index in [-0.39, 0.29) is 27.8 Å². The van der Waals surface area contributed by atoms with Gasteiger partial charge in [0.1, 0.15) is 11.5 Å². The largest absolute Gasteiger partial charge is 0.506 e. The lowest BCUT2D eigenvalue weighted by Gasteiger charge is -2.20. The Morgan fingerprint density at radius 2 is 1.27 bits per heavy atom. The van der Waals surface area contributed by atoms with Crippen LogP contribution in [0.5, 0.6) is 34.5 Å². The number of benzene rings is 2. The van der Waals surface area contributed by atoms with Crippen LogP contribution >= 0.6 is 0 Å². The van der Waals surface area contributed by atoms with E-state index in [1.807, 2.05) is 0 Å². The van der Waals surface area contributed by atoms with E-state index in [2.05, 4.69) is 6.58 Å². The van der Waals surface area contributed by atoms with Gasteiger partial charge in [-0.25, -0.2) is 0 Å². The molecule has 6 nitrogen and oxygen atoms in total. The molecule has 0 spiro atoms. The third-order valence-electron chi connectivity index (χ3n) is 3.62. The van der Waals surface area contributed by atoms with Gasteiger partial charge in [-0.1, -0.05) is 12.7 Å². The standard InChI is InChI=1S/C16H18O6/c1-6-8-11(17)9-10(13(19)12(8)18)16(22-5)15(21-4)7(2)14(9)20-3/h6,17-19H,1H2,2-5H3. The monoisotopic (exact) mass is 306 g/mol. The maximum absolute atomic E-state index is 10.5. The highest BCUT2D eigenvalue weighted by Gasteiger charge is 2.28. The van der Waals surface area contributed by atoms with E-state index < -0.39 is 11.5 Å². The van der Waals surface area contributed by atoms with E-state index in [0.29, 0.717) is 17.1 Å². The van der Waals surface area contributed by atoms with Gasteiger partial charge < -0.3 is 29.5 Å². The normalized spacial score (nSPS) is 10.5. The second-order valence-electron chi connectivity index (χ2n) is 4.64. The molecule has 0 saturated heterocycles. The Morgan fingerprint density at radius 3 is 1.73 bits per heavy atom. The molecule has 0 amide bonds. The van der Waals surface area contributed by atoms with Crippen molar-refractivity contribution < 1.29 is 29.5 Å². The number of fused-ring (bicyclic) bond motifs is 1. The van der Waals surface area contributed by atoms with E-state index in [4.69, 9.17) is 14.2 Å². The Hall–Kier alpha value is -2.76. The summed E-state index contributed by atoms with van der Waals surface area (Å²) in [7, 11) is 4.29. The van der Waals surface area contributed by atoms with Crippen LogP contribution in [-0.4, -0.2) is 36.6 Å². The third-order valence-corrected chi connectivity index (χ3v) is 3.62.